The van der Waals surface area contributed by atoms with Crippen LogP contribution >= 0.6 is 24.0 Å². The molecule has 4 rings (SSSR count). The number of aromatic nitrogens is 5. The molecule has 0 bridgehead atoms. The summed E-state index contributed by atoms with van der Waals surface area (Å²) in [6, 6.07) is 2.08. The summed E-state index contributed by atoms with van der Waals surface area (Å²) in [7, 11) is 1.90. The molecule has 0 aliphatic carbocycles. The molecule has 8 heteroatoms. The van der Waals surface area contributed by atoms with E-state index in [-0.39, 0.29) is 0 Å². The fourth-order valence-electron chi connectivity index (χ4n) is 2.42. The van der Waals surface area contributed by atoms with Crippen LogP contribution in [0.2, 0.25) is 0 Å². The smallest absolute Gasteiger partial charge is 0.180 e. The lowest BCUT2D eigenvalue weighted by Gasteiger charge is -2.05. The van der Waals surface area contributed by atoms with Gasteiger partial charge in [-0.2, -0.15) is 17.7 Å². The molecule has 0 aliphatic heterocycles. The molecule has 0 unspecified atom stereocenters. The third kappa shape index (κ3) is 2.60. The fourth-order valence-corrected chi connectivity index (χ4v) is 3.53. The molecular formula is C15H14N6S2. The molecule has 4 heterocycles. The highest BCUT2D eigenvalue weighted by molar-refractivity contribution is 7.79. The second kappa shape index (κ2) is 5.71. The van der Waals surface area contributed by atoms with Gasteiger partial charge in [0, 0.05) is 37.0 Å². The zero-order chi connectivity index (χ0) is 15.8. The van der Waals surface area contributed by atoms with Gasteiger partial charge in [0.05, 0.1) is 23.1 Å². The summed E-state index contributed by atoms with van der Waals surface area (Å²) in [5.41, 5.74) is 3.98. The van der Waals surface area contributed by atoms with Crippen molar-refractivity contribution in [2.24, 2.45) is 7.05 Å². The number of anilines is 2. The van der Waals surface area contributed by atoms with Crippen molar-refractivity contribution in [3.8, 4) is 11.3 Å². The quantitative estimate of drug-likeness (QED) is 0.558. The van der Waals surface area contributed by atoms with Gasteiger partial charge in [-0.15, -0.1) is 11.3 Å². The predicted molar refractivity (Wildman–Crippen MR) is 95.5 cm³/mol. The molecule has 0 fully saturated rings. The minimum absolute atomic E-state index is 0.727. The maximum absolute atomic E-state index is 4.52. The summed E-state index contributed by atoms with van der Waals surface area (Å²) in [5.74, 6) is 1.46. The molecule has 0 aliphatic rings. The largest absolute Gasteiger partial charge is 0.329 e. The van der Waals surface area contributed by atoms with E-state index < -0.39 is 0 Å². The Morgan fingerprint density at radius 1 is 1.30 bits per heavy atom. The van der Waals surface area contributed by atoms with Crippen LogP contribution in [0.3, 0.4) is 0 Å². The van der Waals surface area contributed by atoms with Crippen molar-refractivity contribution < 1.29 is 0 Å². The standard InChI is InChI=1S/C15H14N6S2/c1-20-7-11(5-18-20)12-6-17-15-14(16-2-3-21(12)15)19-13-4-10(8-22)9-23-13/h2-7,9,22H,8H2,1H3,(H,16,19). The lowest BCUT2D eigenvalue weighted by Crippen LogP contribution is -1.97. The Labute approximate surface area is 142 Å². The van der Waals surface area contributed by atoms with E-state index in [0.717, 1.165) is 33.5 Å². The highest BCUT2D eigenvalue weighted by atomic mass is 32.1. The van der Waals surface area contributed by atoms with Crippen molar-refractivity contribution in [2.75, 3.05) is 5.32 Å². The lowest BCUT2D eigenvalue weighted by atomic mass is 10.3. The highest BCUT2D eigenvalue weighted by Gasteiger charge is 2.12. The molecule has 1 N–H and O–H groups in total. The zero-order valence-corrected chi connectivity index (χ0v) is 14.1. The molecule has 0 spiro atoms. The molecular weight excluding hydrogens is 328 g/mol. The van der Waals surface area contributed by atoms with Gasteiger partial charge in [-0.1, -0.05) is 0 Å². The summed E-state index contributed by atoms with van der Waals surface area (Å²) in [6.07, 6.45) is 9.31. The van der Waals surface area contributed by atoms with Crippen LogP contribution in [0.5, 0.6) is 0 Å². The summed E-state index contributed by atoms with van der Waals surface area (Å²) in [5, 5.41) is 10.7. The van der Waals surface area contributed by atoms with E-state index in [4.69, 9.17) is 0 Å². The summed E-state index contributed by atoms with van der Waals surface area (Å²) in [6.45, 7) is 0. The van der Waals surface area contributed by atoms with Crippen molar-refractivity contribution in [3.63, 3.8) is 0 Å². The van der Waals surface area contributed by atoms with Crippen molar-refractivity contribution in [1.82, 2.24) is 24.1 Å². The fraction of sp³-hybridized carbons (Fsp3) is 0.133. The molecule has 23 heavy (non-hydrogen) atoms. The van der Waals surface area contributed by atoms with Gasteiger partial charge in [-0.05, 0) is 17.0 Å². The Morgan fingerprint density at radius 3 is 2.96 bits per heavy atom. The molecule has 0 atom stereocenters. The number of nitrogens with one attached hydrogen (secondary N) is 1. The number of hydrogen-bond acceptors (Lipinski definition) is 6. The van der Waals surface area contributed by atoms with Gasteiger partial charge in [0.2, 0.25) is 0 Å². The van der Waals surface area contributed by atoms with Crippen molar-refractivity contribution >= 4 is 40.4 Å². The molecule has 0 saturated heterocycles. The topological polar surface area (TPSA) is 60.0 Å². The molecule has 4 aromatic heterocycles. The van der Waals surface area contributed by atoms with Crippen LogP contribution in [-0.4, -0.2) is 24.1 Å². The number of imidazole rings is 1. The third-order valence-corrected chi connectivity index (χ3v) is 4.77. The maximum atomic E-state index is 4.52. The Hall–Kier alpha value is -2.32. The van der Waals surface area contributed by atoms with Gasteiger partial charge < -0.3 is 5.32 Å². The molecule has 0 saturated carbocycles. The van der Waals surface area contributed by atoms with Crippen molar-refractivity contribution in [2.45, 2.75) is 5.75 Å². The van der Waals surface area contributed by atoms with E-state index in [2.05, 4.69) is 44.5 Å². The van der Waals surface area contributed by atoms with Gasteiger partial charge >= 0.3 is 0 Å². The summed E-state index contributed by atoms with van der Waals surface area (Å²) in [4.78, 5) is 8.94. The van der Waals surface area contributed by atoms with Crippen LogP contribution in [0.15, 0.2) is 42.4 Å². The average molecular weight is 342 g/mol. The minimum atomic E-state index is 0.727. The van der Waals surface area contributed by atoms with E-state index in [1.54, 1.807) is 22.2 Å². The first-order valence-corrected chi connectivity index (χ1v) is 8.52. The number of nitrogens with zero attached hydrogens (tertiary/aromatic N) is 5. The average Bonchev–Trinajstić information content (AvgIpc) is 3.26. The first-order valence-electron chi connectivity index (χ1n) is 7.01. The Bertz CT molecular complexity index is 967. The normalized spacial score (nSPS) is 11.2. The monoisotopic (exact) mass is 342 g/mol. The van der Waals surface area contributed by atoms with E-state index in [0.29, 0.717) is 0 Å². The SMILES string of the molecule is Cn1cc(-c2cnc3c(Nc4cc(CS)cs4)nccn23)cn1. The van der Waals surface area contributed by atoms with Crippen LogP contribution in [0, 0.1) is 0 Å². The Morgan fingerprint density at radius 2 is 2.22 bits per heavy atom. The second-order valence-corrected chi connectivity index (χ2v) is 6.35. The lowest BCUT2D eigenvalue weighted by molar-refractivity contribution is 0.768. The first kappa shape index (κ1) is 14.3. The van der Waals surface area contributed by atoms with E-state index in [1.165, 1.54) is 5.56 Å². The Kier molecular flexibility index (Phi) is 3.55. The van der Waals surface area contributed by atoms with Gasteiger partial charge in [0.15, 0.2) is 11.5 Å². The van der Waals surface area contributed by atoms with Crippen molar-refractivity contribution in [3.05, 3.63) is 48.0 Å². The Balaban J connectivity index is 1.75. The number of hydrogen-bond donors (Lipinski definition) is 2. The number of fused-ring (bicyclic) bond motifs is 1. The van der Waals surface area contributed by atoms with E-state index in [9.17, 15) is 0 Å². The number of thiophene rings is 1. The summed E-state index contributed by atoms with van der Waals surface area (Å²) >= 11 is 5.93. The van der Waals surface area contributed by atoms with E-state index in [1.807, 2.05) is 36.2 Å². The molecule has 0 radical (unpaired) electrons. The predicted octanol–water partition coefficient (Wildman–Crippen LogP) is 3.36. The third-order valence-electron chi connectivity index (χ3n) is 3.51. The van der Waals surface area contributed by atoms with Gasteiger partial charge in [0.25, 0.3) is 0 Å². The van der Waals surface area contributed by atoms with E-state index >= 15 is 0 Å². The maximum Gasteiger partial charge on any atom is 0.180 e. The first-order chi connectivity index (χ1) is 11.2. The summed E-state index contributed by atoms with van der Waals surface area (Å²) < 4.78 is 3.79. The van der Waals surface area contributed by atoms with Gasteiger partial charge in [-0.3, -0.25) is 9.08 Å². The van der Waals surface area contributed by atoms with Crippen LogP contribution in [-0.2, 0) is 12.8 Å². The zero-order valence-electron chi connectivity index (χ0n) is 12.3. The number of rotatable bonds is 4. The minimum Gasteiger partial charge on any atom is -0.329 e. The highest BCUT2D eigenvalue weighted by Crippen LogP contribution is 2.28. The molecule has 6 nitrogen and oxygen atoms in total. The van der Waals surface area contributed by atoms with Crippen LogP contribution in [0.4, 0.5) is 10.8 Å². The number of aryl methyl sites for hydroxylation is 1. The van der Waals surface area contributed by atoms with Crippen LogP contribution in [0.25, 0.3) is 16.9 Å². The molecule has 0 aromatic carbocycles. The molecule has 0 amide bonds. The van der Waals surface area contributed by atoms with Gasteiger partial charge in [-0.25, -0.2) is 9.97 Å². The number of thiol groups is 1. The molecule has 4 aromatic rings. The van der Waals surface area contributed by atoms with Crippen LogP contribution in [0.1, 0.15) is 5.56 Å². The molecule has 116 valence electrons. The van der Waals surface area contributed by atoms with Crippen LogP contribution < -0.4 is 5.32 Å². The second-order valence-electron chi connectivity index (χ2n) is 5.12. The van der Waals surface area contributed by atoms with Gasteiger partial charge in [0.1, 0.15) is 0 Å². The van der Waals surface area contributed by atoms with Crippen molar-refractivity contribution in [1.29, 1.82) is 0 Å².